The minimum Gasteiger partial charge on any atom is -0.388 e. The van der Waals surface area contributed by atoms with Gasteiger partial charge in [-0.1, -0.05) is 19.0 Å². The second-order valence-electron chi connectivity index (χ2n) is 3.48. The molecule has 1 aliphatic heterocycles. The number of nitrogens with zero attached hydrogens (tertiary/aromatic N) is 1. The van der Waals surface area contributed by atoms with Crippen LogP contribution >= 0.6 is 0 Å². The van der Waals surface area contributed by atoms with Crippen molar-refractivity contribution in [3.8, 4) is 0 Å². The molecule has 0 saturated carbocycles. The highest BCUT2D eigenvalue weighted by Crippen LogP contribution is 2.24. The smallest absolute Gasteiger partial charge is 0.150 e. The minimum absolute atomic E-state index is 0.547. The monoisotopic (exact) mass is 151 g/mol. The molecule has 0 fully saturated rings. The van der Waals surface area contributed by atoms with Gasteiger partial charge in [0.25, 0.3) is 0 Å². The van der Waals surface area contributed by atoms with E-state index in [1.165, 1.54) is 0 Å². The lowest BCUT2D eigenvalue weighted by Gasteiger charge is -2.12. The summed E-state index contributed by atoms with van der Waals surface area (Å²) in [6.07, 6.45) is 1.46. The SMILES string of the molecule is [CH]C1([CH])CC(CC(C)C)=NO1. The van der Waals surface area contributed by atoms with Crippen LogP contribution in [0.2, 0.25) is 0 Å². The van der Waals surface area contributed by atoms with Crippen LogP contribution in [0.5, 0.6) is 0 Å². The van der Waals surface area contributed by atoms with Crippen molar-refractivity contribution in [1.82, 2.24) is 0 Å². The van der Waals surface area contributed by atoms with Crippen molar-refractivity contribution in [2.75, 3.05) is 0 Å². The van der Waals surface area contributed by atoms with E-state index in [0.717, 1.165) is 12.1 Å². The van der Waals surface area contributed by atoms with Crippen LogP contribution in [0.3, 0.4) is 0 Å². The summed E-state index contributed by atoms with van der Waals surface area (Å²) in [7, 11) is 0. The molecule has 0 aromatic carbocycles. The van der Waals surface area contributed by atoms with Crippen LogP contribution in [0.4, 0.5) is 0 Å². The molecule has 0 spiro atoms. The molecule has 1 aliphatic rings. The summed E-state index contributed by atoms with van der Waals surface area (Å²) in [5.74, 6) is 0.575. The fourth-order valence-corrected chi connectivity index (χ4v) is 1.11. The van der Waals surface area contributed by atoms with Crippen molar-refractivity contribution in [2.45, 2.75) is 32.3 Å². The van der Waals surface area contributed by atoms with Crippen LogP contribution in [0.25, 0.3) is 0 Å². The molecule has 1 heterocycles. The Kier molecular flexibility index (Phi) is 2.21. The Bertz CT molecular complexity index is 170. The minimum atomic E-state index is -1.05. The predicted molar refractivity (Wildman–Crippen MR) is 43.9 cm³/mol. The summed E-state index contributed by atoms with van der Waals surface area (Å²) in [6, 6.07) is 0. The van der Waals surface area contributed by atoms with E-state index in [9.17, 15) is 0 Å². The number of hydrogen-bond acceptors (Lipinski definition) is 2. The standard InChI is InChI=1S/C9H13NO/c1-7(2)5-8-6-9(3,4)11-10-8/h3-4,7H,5-6H2,1-2H3. The fourth-order valence-electron chi connectivity index (χ4n) is 1.11. The second-order valence-corrected chi connectivity index (χ2v) is 3.48. The van der Waals surface area contributed by atoms with Gasteiger partial charge in [-0.05, 0) is 12.3 Å². The molecule has 0 aliphatic carbocycles. The van der Waals surface area contributed by atoms with E-state index in [1.807, 2.05) is 0 Å². The molecule has 1 rings (SSSR count). The molecule has 4 radical (unpaired) electrons. The highest BCUT2D eigenvalue weighted by atomic mass is 16.7. The zero-order valence-electron chi connectivity index (χ0n) is 7.00. The molecule has 2 heteroatoms. The van der Waals surface area contributed by atoms with Gasteiger partial charge in [0.1, 0.15) is 5.60 Å². The first-order valence-corrected chi connectivity index (χ1v) is 3.81. The van der Waals surface area contributed by atoms with E-state index in [4.69, 9.17) is 18.7 Å². The van der Waals surface area contributed by atoms with E-state index in [-0.39, 0.29) is 0 Å². The lowest BCUT2D eigenvalue weighted by atomic mass is 9.97. The van der Waals surface area contributed by atoms with Gasteiger partial charge in [-0.25, -0.2) is 0 Å². The summed E-state index contributed by atoms with van der Waals surface area (Å²) < 4.78 is 0. The van der Waals surface area contributed by atoms with E-state index >= 15 is 0 Å². The molecule has 0 saturated heterocycles. The summed E-state index contributed by atoms with van der Waals surface area (Å²) in [4.78, 5) is 4.80. The Morgan fingerprint density at radius 2 is 2.27 bits per heavy atom. The molecule has 0 aromatic heterocycles. The zero-order valence-corrected chi connectivity index (χ0v) is 7.00. The Hall–Kier alpha value is -0.530. The lowest BCUT2D eigenvalue weighted by molar-refractivity contribution is 0.0548. The van der Waals surface area contributed by atoms with Crippen molar-refractivity contribution in [1.29, 1.82) is 0 Å². The van der Waals surface area contributed by atoms with Crippen molar-refractivity contribution >= 4 is 5.71 Å². The third-order valence-electron chi connectivity index (χ3n) is 1.47. The van der Waals surface area contributed by atoms with Gasteiger partial charge in [0.2, 0.25) is 0 Å². The Morgan fingerprint density at radius 1 is 1.64 bits per heavy atom. The third kappa shape index (κ3) is 2.52. The van der Waals surface area contributed by atoms with Gasteiger partial charge < -0.3 is 4.84 Å². The second kappa shape index (κ2) is 2.84. The molecule has 0 aromatic rings. The zero-order chi connectivity index (χ0) is 8.48. The van der Waals surface area contributed by atoms with Crippen molar-refractivity contribution < 1.29 is 4.84 Å². The topological polar surface area (TPSA) is 21.6 Å². The van der Waals surface area contributed by atoms with E-state index in [1.54, 1.807) is 0 Å². The maximum absolute atomic E-state index is 5.48. The van der Waals surface area contributed by atoms with E-state index in [2.05, 4.69) is 19.0 Å². The Balaban J connectivity index is 2.40. The normalized spacial score (nSPS) is 21.7. The van der Waals surface area contributed by atoms with Gasteiger partial charge in [0.05, 0.1) is 5.71 Å². The average molecular weight is 151 g/mol. The Labute approximate surface area is 68.6 Å². The van der Waals surface area contributed by atoms with Crippen LogP contribution in [-0.4, -0.2) is 11.3 Å². The largest absolute Gasteiger partial charge is 0.388 e. The van der Waals surface area contributed by atoms with E-state index in [0.29, 0.717) is 12.3 Å². The van der Waals surface area contributed by atoms with Crippen LogP contribution in [0.15, 0.2) is 5.16 Å². The number of hydrogen-bond donors (Lipinski definition) is 0. The number of oxime groups is 1. The maximum atomic E-state index is 5.48. The summed E-state index contributed by atoms with van der Waals surface area (Å²) >= 11 is 0. The van der Waals surface area contributed by atoms with Gasteiger partial charge in [-0.3, -0.25) is 0 Å². The molecule has 0 amide bonds. The molecule has 0 bridgehead atoms. The molecule has 0 unspecified atom stereocenters. The summed E-state index contributed by atoms with van der Waals surface area (Å²) in [5.41, 5.74) is -0.0884. The van der Waals surface area contributed by atoms with Crippen molar-refractivity contribution in [2.24, 2.45) is 11.1 Å². The van der Waals surface area contributed by atoms with Gasteiger partial charge in [-0.15, -0.1) is 0 Å². The van der Waals surface area contributed by atoms with Gasteiger partial charge in [-0.2, -0.15) is 0 Å². The highest BCUT2D eigenvalue weighted by Gasteiger charge is 2.29. The predicted octanol–water partition coefficient (Wildman–Crippen LogP) is 1.97. The summed E-state index contributed by atoms with van der Waals surface area (Å²) in [5, 5.41) is 3.80. The van der Waals surface area contributed by atoms with Crippen LogP contribution in [-0.2, 0) is 4.84 Å². The number of rotatable bonds is 2. The third-order valence-corrected chi connectivity index (χ3v) is 1.47. The van der Waals surface area contributed by atoms with Crippen LogP contribution in [0, 0.1) is 19.8 Å². The molecular formula is C9H13NO. The van der Waals surface area contributed by atoms with Crippen LogP contribution in [0.1, 0.15) is 26.7 Å². The van der Waals surface area contributed by atoms with Crippen molar-refractivity contribution in [3.05, 3.63) is 13.8 Å². The molecule has 60 valence electrons. The molecule has 0 N–H and O–H groups in total. The quantitative estimate of drug-likeness (QED) is 0.591. The van der Waals surface area contributed by atoms with Crippen LogP contribution < -0.4 is 0 Å². The molecule has 2 nitrogen and oxygen atoms in total. The van der Waals surface area contributed by atoms with Gasteiger partial charge in [0.15, 0.2) is 0 Å². The molecule has 11 heavy (non-hydrogen) atoms. The average Bonchev–Trinajstić information content (AvgIpc) is 2.08. The fraction of sp³-hybridized carbons (Fsp3) is 0.667. The van der Waals surface area contributed by atoms with E-state index < -0.39 is 5.60 Å². The Morgan fingerprint density at radius 3 is 2.64 bits per heavy atom. The molecular weight excluding hydrogens is 138 g/mol. The summed E-state index contributed by atoms with van der Waals surface area (Å²) in [6.45, 7) is 15.2. The molecule has 0 atom stereocenters. The lowest BCUT2D eigenvalue weighted by Crippen LogP contribution is -2.20. The first-order valence-electron chi connectivity index (χ1n) is 3.81. The first kappa shape index (κ1) is 8.57. The highest BCUT2D eigenvalue weighted by molar-refractivity contribution is 5.86. The van der Waals surface area contributed by atoms with Crippen molar-refractivity contribution in [3.63, 3.8) is 0 Å². The maximum Gasteiger partial charge on any atom is 0.150 e. The first-order chi connectivity index (χ1) is 4.99. The van der Waals surface area contributed by atoms with Gasteiger partial charge >= 0.3 is 0 Å². The van der Waals surface area contributed by atoms with Gasteiger partial charge in [0, 0.05) is 20.3 Å².